The Hall–Kier alpha value is -3.00. The molecule has 0 aliphatic rings. The molecule has 144 valence electrons. The molecule has 1 aromatic carbocycles. The molecular weight excluding hydrogens is 374 g/mol. The summed E-state index contributed by atoms with van der Waals surface area (Å²) in [5.74, 6) is 1.52. The van der Waals surface area contributed by atoms with Crippen molar-refractivity contribution in [1.29, 1.82) is 0 Å². The number of thiophene rings is 1. The summed E-state index contributed by atoms with van der Waals surface area (Å²) in [6, 6.07) is 9.78. The summed E-state index contributed by atoms with van der Waals surface area (Å²) < 4.78 is 4.01. The molecule has 0 radical (unpaired) electrons. The minimum absolute atomic E-state index is 0.0829. The van der Waals surface area contributed by atoms with Crippen LogP contribution in [-0.2, 0) is 18.3 Å². The van der Waals surface area contributed by atoms with Gasteiger partial charge in [-0.15, -0.1) is 21.5 Å². The van der Waals surface area contributed by atoms with Crippen LogP contribution in [0.25, 0.3) is 16.0 Å². The average molecular weight is 395 g/mol. The molecule has 0 saturated heterocycles. The first-order valence-electron chi connectivity index (χ1n) is 9.15. The van der Waals surface area contributed by atoms with Crippen LogP contribution >= 0.6 is 11.3 Å². The summed E-state index contributed by atoms with van der Waals surface area (Å²) in [4.78, 5) is 24.8. The van der Waals surface area contributed by atoms with Crippen molar-refractivity contribution in [2.45, 2.75) is 32.6 Å². The maximum Gasteiger partial charge on any atom is 0.272 e. The Labute approximate surface area is 165 Å². The lowest BCUT2D eigenvalue weighted by Crippen LogP contribution is -2.19. The van der Waals surface area contributed by atoms with Crippen LogP contribution in [0.2, 0.25) is 0 Å². The van der Waals surface area contributed by atoms with Gasteiger partial charge < -0.3 is 5.32 Å². The zero-order chi connectivity index (χ0) is 19.8. The molecule has 0 atom stereocenters. The minimum Gasteiger partial charge on any atom is -0.326 e. The van der Waals surface area contributed by atoms with Crippen LogP contribution in [-0.4, -0.2) is 25.1 Å². The van der Waals surface area contributed by atoms with Gasteiger partial charge in [-0.05, 0) is 35.1 Å². The van der Waals surface area contributed by atoms with Gasteiger partial charge in [-0.2, -0.15) is 0 Å². The monoisotopic (exact) mass is 395 g/mol. The van der Waals surface area contributed by atoms with Crippen molar-refractivity contribution >= 4 is 38.9 Å². The van der Waals surface area contributed by atoms with Crippen molar-refractivity contribution in [2.24, 2.45) is 7.05 Å². The fraction of sp³-hybridized carbons (Fsp3) is 0.300. The molecule has 0 spiro atoms. The van der Waals surface area contributed by atoms with Crippen molar-refractivity contribution in [3.63, 3.8) is 0 Å². The summed E-state index contributed by atoms with van der Waals surface area (Å²) in [5.41, 5.74) is 2.72. The van der Waals surface area contributed by atoms with Crippen molar-refractivity contribution in [3.8, 4) is 0 Å². The number of nitrogens with one attached hydrogen (secondary N) is 1. The van der Waals surface area contributed by atoms with Crippen LogP contribution in [0.15, 0.2) is 40.5 Å². The lowest BCUT2D eigenvalue weighted by atomic mass is 10.0. The smallest absolute Gasteiger partial charge is 0.272 e. The third kappa shape index (κ3) is 3.20. The van der Waals surface area contributed by atoms with E-state index in [1.165, 1.54) is 21.5 Å². The van der Waals surface area contributed by atoms with E-state index in [2.05, 4.69) is 29.4 Å². The fourth-order valence-corrected chi connectivity index (χ4v) is 4.07. The highest BCUT2D eigenvalue weighted by atomic mass is 32.1. The normalized spacial score (nSPS) is 11.6. The first kappa shape index (κ1) is 18.4. The molecule has 4 rings (SSSR count). The van der Waals surface area contributed by atoms with E-state index >= 15 is 0 Å². The van der Waals surface area contributed by atoms with Gasteiger partial charge in [0.2, 0.25) is 11.7 Å². The third-order valence-corrected chi connectivity index (χ3v) is 5.73. The summed E-state index contributed by atoms with van der Waals surface area (Å²) in [7, 11) is 1.68. The van der Waals surface area contributed by atoms with Crippen LogP contribution in [0, 0.1) is 0 Å². The summed E-state index contributed by atoms with van der Waals surface area (Å²) >= 11 is 1.40. The van der Waals surface area contributed by atoms with Gasteiger partial charge in [-0.1, -0.05) is 26.0 Å². The highest BCUT2D eigenvalue weighted by molar-refractivity contribution is 7.17. The number of benzene rings is 1. The van der Waals surface area contributed by atoms with Crippen molar-refractivity contribution in [3.05, 3.63) is 57.5 Å². The highest BCUT2D eigenvalue weighted by Gasteiger charge is 2.16. The van der Waals surface area contributed by atoms with E-state index in [1.807, 2.05) is 40.1 Å². The first-order chi connectivity index (χ1) is 13.5. The van der Waals surface area contributed by atoms with Gasteiger partial charge in [0.15, 0.2) is 0 Å². The lowest BCUT2D eigenvalue weighted by molar-refractivity contribution is -0.116. The molecule has 3 heterocycles. The molecule has 0 unspecified atom stereocenters. The van der Waals surface area contributed by atoms with E-state index in [9.17, 15) is 9.59 Å². The predicted octanol–water partition coefficient (Wildman–Crippen LogP) is 3.34. The van der Waals surface area contributed by atoms with Gasteiger partial charge in [0.05, 0.1) is 5.52 Å². The summed E-state index contributed by atoms with van der Waals surface area (Å²) in [6.07, 6.45) is 0.710. The Balaban J connectivity index is 1.53. The van der Waals surface area contributed by atoms with Gasteiger partial charge >= 0.3 is 0 Å². The second-order valence-electron chi connectivity index (χ2n) is 7.08. The SMILES string of the molecule is CC(C)c1ccc(NC(=O)CCc2nnc3n(C)c(=O)c4sccc4n23)cc1. The second kappa shape index (κ2) is 7.20. The van der Waals surface area contributed by atoms with E-state index in [1.54, 1.807) is 7.05 Å². The van der Waals surface area contributed by atoms with Crippen LogP contribution in [0.1, 0.15) is 37.6 Å². The van der Waals surface area contributed by atoms with Gasteiger partial charge in [0.25, 0.3) is 5.56 Å². The highest BCUT2D eigenvalue weighted by Crippen LogP contribution is 2.20. The summed E-state index contributed by atoms with van der Waals surface area (Å²) in [5, 5.41) is 13.2. The number of carbonyl (C=O) groups is 1. The molecule has 4 aromatic rings. The minimum atomic E-state index is -0.0842. The number of rotatable bonds is 5. The molecule has 3 aromatic heterocycles. The Morgan fingerprint density at radius 2 is 1.93 bits per heavy atom. The number of anilines is 1. The maximum absolute atomic E-state index is 12.4. The van der Waals surface area contributed by atoms with Gasteiger partial charge in [0, 0.05) is 25.6 Å². The molecule has 8 heteroatoms. The molecule has 0 bridgehead atoms. The topological polar surface area (TPSA) is 81.3 Å². The number of aromatic nitrogens is 4. The largest absolute Gasteiger partial charge is 0.326 e. The molecule has 1 N–H and O–H groups in total. The third-order valence-electron chi connectivity index (χ3n) is 4.83. The van der Waals surface area contributed by atoms with Crippen molar-refractivity contribution in [1.82, 2.24) is 19.2 Å². The molecular formula is C20H21N5O2S. The van der Waals surface area contributed by atoms with E-state index in [0.29, 0.717) is 28.6 Å². The van der Waals surface area contributed by atoms with E-state index in [0.717, 1.165) is 11.2 Å². The van der Waals surface area contributed by atoms with Crippen LogP contribution in [0.3, 0.4) is 0 Å². The van der Waals surface area contributed by atoms with E-state index in [-0.39, 0.29) is 17.9 Å². The standard InChI is InChI=1S/C20H21N5O2S/c1-12(2)13-4-6-14(7-5-13)21-17(26)9-8-16-22-23-20-24(3)19(27)18-15(25(16)20)10-11-28-18/h4-7,10-12H,8-9H2,1-3H3,(H,21,26). The predicted molar refractivity (Wildman–Crippen MR) is 111 cm³/mol. The zero-order valence-corrected chi connectivity index (χ0v) is 16.8. The number of aryl methyl sites for hydroxylation is 2. The Bertz CT molecular complexity index is 1220. The number of amides is 1. The molecule has 0 fully saturated rings. The molecule has 0 saturated carbocycles. The number of hydrogen-bond donors (Lipinski definition) is 1. The number of fused-ring (bicyclic) bond motifs is 3. The number of carbonyl (C=O) groups excluding carboxylic acids is 1. The average Bonchev–Trinajstić information content (AvgIpc) is 3.31. The van der Waals surface area contributed by atoms with Gasteiger partial charge in [0.1, 0.15) is 10.5 Å². The Morgan fingerprint density at radius 3 is 2.64 bits per heavy atom. The molecule has 0 aliphatic heterocycles. The van der Waals surface area contributed by atoms with Crippen molar-refractivity contribution < 1.29 is 4.79 Å². The van der Waals surface area contributed by atoms with Crippen LogP contribution < -0.4 is 10.9 Å². The Kier molecular flexibility index (Phi) is 4.72. The Morgan fingerprint density at radius 1 is 1.18 bits per heavy atom. The molecule has 0 aliphatic carbocycles. The zero-order valence-electron chi connectivity index (χ0n) is 16.0. The lowest BCUT2D eigenvalue weighted by Gasteiger charge is -2.08. The second-order valence-corrected chi connectivity index (χ2v) is 7.99. The number of hydrogen-bond acceptors (Lipinski definition) is 5. The molecule has 7 nitrogen and oxygen atoms in total. The van der Waals surface area contributed by atoms with Gasteiger partial charge in [-0.3, -0.25) is 18.6 Å². The van der Waals surface area contributed by atoms with E-state index in [4.69, 9.17) is 0 Å². The molecule has 28 heavy (non-hydrogen) atoms. The number of nitrogens with zero attached hydrogens (tertiary/aromatic N) is 4. The van der Waals surface area contributed by atoms with Gasteiger partial charge in [-0.25, -0.2) is 0 Å². The fourth-order valence-electron chi connectivity index (χ4n) is 3.21. The van der Waals surface area contributed by atoms with Crippen molar-refractivity contribution in [2.75, 3.05) is 5.32 Å². The maximum atomic E-state index is 12.4. The quantitative estimate of drug-likeness (QED) is 0.562. The first-order valence-corrected chi connectivity index (χ1v) is 10.0. The summed E-state index contributed by atoms with van der Waals surface area (Å²) in [6.45, 7) is 4.27. The van der Waals surface area contributed by atoms with Crippen LogP contribution in [0.5, 0.6) is 0 Å². The molecule has 1 amide bonds. The van der Waals surface area contributed by atoms with E-state index < -0.39 is 0 Å². The van der Waals surface area contributed by atoms with Crippen LogP contribution in [0.4, 0.5) is 5.69 Å².